The number of benzene rings is 1. The van der Waals surface area contributed by atoms with Crippen LogP contribution in [0, 0.1) is 0 Å². The van der Waals surface area contributed by atoms with Gasteiger partial charge in [0, 0.05) is 18.9 Å². The average molecular weight is 398 g/mol. The summed E-state index contributed by atoms with van der Waals surface area (Å²) in [4.78, 5) is 6.39. The van der Waals surface area contributed by atoms with E-state index in [4.69, 9.17) is 4.43 Å². The van der Waals surface area contributed by atoms with Crippen LogP contribution in [0.5, 0.6) is 0 Å². The second-order valence-electron chi connectivity index (χ2n) is 9.02. The molecule has 1 heterocycles. The molecule has 4 nitrogen and oxygen atoms in total. The summed E-state index contributed by atoms with van der Waals surface area (Å²) in [6.07, 6.45) is 4.45. The third kappa shape index (κ3) is 6.55. The quantitative estimate of drug-likeness (QED) is 0.617. The third-order valence-corrected chi connectivity index (χ3v) is 10.2. The second kappa shape index (κ2) is 9.83. The number of pyridine rings is 1. The molecule has 0 amide bonds. The molecule has 1 aromatic heterocycles. The smallest absolute Gasteiger partial charge is 0.376 e. The molecule has 0 bridgehead atoms. The topological polar surface area (TPSA) is 45.6 Å². The molecule has 6 heteroatoms. The van der Waals surface area contributed by atoms with Gasteiger partial charge in [-0.3, -0.25) is 4.98 Å². The molecule has 0 saturated carbocycles. The van der Waals surface area contributed by atoms with Crippen molar-refractivity contribution in [3.8, 4) is 0 Å². The van der Waals surface area contributed by atoms with E-state index in [1.165, 1.54) is 5.56 Å². The Bertz CT molecular complexity index is 705. The maximum atomic E-state index is 10.4. The van der Waals surface area contributed by atoms with E-state index in [9.17, 15) is 5.02 Å². The summed E-state index contributed by atoms with van der Waals surface area (Å²) in [6.45, 7) is 14.5. The van der Waals surface area contributed by atoms with Gasteiger partial charge < -0.3 is 14.3 Å². The molecule has 2 aromatic rings. The van der Waals surface area contributed by atoms with Gasteiger partial charge in [0.2, 0.25) is 0 Å². The highest BCUT2D eigenvalue weighted by atomic mass is 28.4. The van der Waals surface area contributed by atoms with E-state index in [1.54, 1.807) is 6.20 Å². The maximum Gasteiger partial charge on any atom is 0.376 e. The van der Waals surface area contributed by atoms with Crippen molar-refractivity contribution in [3.63, 3.8) is 0 Å². The molecule has 0 unspecified atom stereocenters. The molecule has 1 N–H and O–H groups in total. The number of nitrogens with zero attached hydrogens (tertiary/aromatic N) is 2. The molecule has 28 heavy (non-hydrogen) atoms. The third-order valence-electron chi connectivity index (χ3n) is 5.76. The van der Waals surface area contributed by atoms with Crippen molar-refractivity contribution in [3.05, 3.63) is 66.0 Å². The molecule has 0 aliphatic rings. The van der Waals surface area contributed by atoms with Crippen molar-refractivity contribution < 1.29 is 9.45 Å². The molecule has 152 valence electrons. The monoisotopic (exact) mass is 398 g/mol. The summed E-state index contributed by atoms with van der Waals surface area (Å²) >= 11 is 0. The predicted molar refractivity (Wildman–Crippen MR) is 121 cm³/mol. The molecule has 0 aliphatic heterocycles. The van der Waals surface area contributed by atoms with Crippen molar-refractivity contribution in [1.82, 2.24) is 9.79 Å². The van der Waals surface area contributed by atoms with Crippen LogP contribution < -0.4 is 0 Å². The first kappa shape index (κ1) is 22.8. The molecular weight excluding hydrogens is 363 g/mol. The fourth-order valence-corrected chi connectivity index (χ4v) is 4.15. The molecule has 1 atom stereocenters. The largest absolute Gasteiger partial charge is 0.437 e. The summed E-state index contributed by atoms with van der Waals surface area (Å²) in [6, 6.07) is 14.4. The lowest BCUT2D eigenvalue weighted by Crippen LogP contribution is -2.46. The second-order valence-corrected chi connectivity index (χ2v) is 13.8. The molecular formula is C22H35BN2O2Si. The fourth-order valence-electron chi connectivity index (χ4n) is 2.87. The van der Waals surface area contributed by atoms with Crippen LogP contribution in [-0.4, -0.2) is 43.3 Å². The van der Waals surface area contributed by atoms with E-state index in [-0.39, 0.29) is 11.1 Å². The Morgan fingerprint density at radius 2 is 1.82 bits per heavy atom. The highest BCUT2D eigenvalue weighted by molar-refractivity contribution is 6.74. The van der Waals surface area contributed by atoms with Crippen molar-refractivity contribution in [1.29, 1.82) is 0 Å². The minimum absolute atomic E-state index is 0.111. The van der Waals surface area contributed by atoms with Crippen LogP contribution in [0.4, 0.5) is 0 Å². The van der Waals surface area contributed by atoms with Gasteiger partial charge in [-0.25, -0.2) is 0 Å². The molecule has 0 radical (unpaired) electrons. The van der Waals surface area contributed by atoms with Gasteiger partial charge in [-0.15, -0.1) is 0 Å². The van der Waals surface area contributed by atoms with Crippen LogP contribution in [0.2, 0.25) is 25.0 Å². The van der Waals surface area contributed by atoms with Crippen molar-refractivity contribution in [2.45, 2.75) is 58.3 Å². The van der Waals surface area contributed by atoms with Crippen LogP contribution >= 0.6 is 0 Å². The number of aromatic nitrogens is 1. The van der Waals surface area contributed by atoms with Crippen LogP contribution in [0.1, 0.15) is 38.0 Å². The zero-order valence-corrected chi connectivity index (χ0v) is 19.2. The van der Waals surface area contributed by atoms with Gasteiger partial charge in [0.05, 0.1) is 6.10 Å². The van der Waals surface area contributed by atoms with Crippen LogP contribution in [0.3, 0.4) is 0 Å². The molecule has 1 aromatic carbocycles. The van der Waals surface area contributed by atoms with Gasteiger partial charge in [0.15, 0.2) is 8.32 Å². The number of hydrogen-bond acceptors (Lipinski definition) is 4. The normalized spacial score (nSPS) is 13.6. The van der Waals surface area contributed by atoms with E-state index in [0.717, 1.165) is 18.5 Å². The highest BCUT2D eigenvalue weighted by Crippen LogP contribution is 2.39. The fraction of sp³-hybridized carbons (Fsp3) is 0.500. The lowest BCUT2D eigenvalue weighted by Gasteiger charge is -2.41. The first-order valence-corrected chi connectivity index (χ1v) is 13.0. The van der Waals surface area contributed by atoms with Crippen molar-refractivity contribution >= 4 is 15.4 Å². The number of rotatable bonds is 9. The Morgan fingerprint density at radius 1 is 1.14 bits per heavy atom. The average Bonchev–Trinajstić information content (AvgIpc) is 2.64. The Hall–Kier alpha value is -1.47. The minimum atomic E-state index is -1.98. The summed E-state index contributed by atoms with van der Waals surface area (Å²) in [5.41, 5.74) is 2.34. The predicted octanol–water partition coefficient (Wildman–Crippen LogP) is 4.80. The molecule has 0 spiro atoms. The summed E-state index contributed by atoms with van der Waals surface area (Å²) in [5.74, 6) is 0. The van der Waals surface area contributed by atoms with Gasteiger partial charge >= 0.3 is 7.05 Å². The van der Waals surface area contributed by atoms with Crippen LogP contribution in [0.25, 0.3) is 0 Å². The molecule has 0 aliphatic carbocycles. The Balaban J connectivity index is 2.18. The van der Waals surface area contributed by atoms with Crippen LogP contribution in [-0.2, 0) is 10.8 Å². The Labute approximate surface area is 172 Å². The number of hydrogen-bond donors (Lipinski definition) is 1. The zero-order chi connectivity index (χ0) is 20.8. The summed E-state index contributed by atoms with van der Waals surface area (Å²) in [7, 11) is -2.51. The highest BCUT2D eigenvalue weighted by Gasteiger charge is 2.40. The Kier molecular flexibility index (Phi) is 8.01. The summed E-state index contributed by atoms with van der Waals surface area (Å²) < 4.78 is 6.77. The lowest BCUT2D eigenvalue weighted by atomic mass is 9.83. The first-order valence-electron chi connectivity index (χ1n) is 10.1. The van der Waals surface area contributed by atoms with E-state index >= 15 is 0 Å². The molecule has 0 fully saturated rings. The Morgan fingerprint density at radius 3 is 2.36 bits per heavy atom. The maximum absolute atomic E-state index is 10.4. The minimum Gasteiger partial charge on any atom is -0.437 e. The zero-order valence-electron chi connectivity index (χ0n) is 18.2. The van der Waals surface area contributed by atoms with E-state index in [0.29, 0.717) is 6.54 Å². The summed E-state index contributed by atoms with van der Waals surface area (Å²) in [5, 5.41) is 10.5. The van der Waals surface area contributed by atoms with E-state index < -0.39 is 15.4 Å². The van der Waals surface area contributed by atoms with Crippen molar-refractivity contribution in [2.24, 2.45) is 0 Å². The van der Waals surface area contributed by atoms with Gasteiger partial charge in [0.25, 0.3) is 0 Å². The first-order chi connectivity index (χ1) is 13.1. The molecule has 2 rings (SSSR count). The van der Waals surface area contributed by atoms with Gasteiger partial charge in [0.1, 0.15) is 0 Å². The van der Waals surface area contributed by atoms with Gasteiger partial charge in [-0.05, 0) is 55.1 Å². The van der Waals surface area contributed by atoms with Crippen LogP contribution in [0.15, 0.2) is 54.9 Å². The SMILES string of the molecule is CB(O)N(CCc1ccccc1)C[C@H](O[Si](C)(C)C(C)(C)C)c1cccnc1. The lowest BCUT2D eigenvalue weighted by molar-refractivity contribution is 0.147. The van der Waals surface area contributed by atoms with E-state index in [2.05, 4.69) is 74.0 Å². The van der Waals surface area contributed by atoms with Gasteiger partial charge in [-0.1, -0.05) is 57.2 Å². The van der Waals surface area contributed by atoms with E-state index in [1.807, 2.05) is 25.2 Å². The van der Waals surface area contributed by atoms with Crippen molar-refractivity contribution in [2.75, 3.05) is 13.1 Å². The standard InChI is InChI=1S/C22H35BN2O2Si/c1-22(2,3)28(5,6)27-21(20-13-10-15-24-17-20)18-25(23(4)26)16-14-19-11-8-7-9-12-19/h7-13,15,17,21,26H,14,16,18H2,1-6H3/t21-/m0/s1. The van der Waals surface area contributed by atoms with Gasteiger partial charge in [-0.2, -0.15) is 0 Å². The molecule has 0 saturated heterocycles.